The molecule has 4 rings (SSSR count). The molecule has 1 heterocycles. The second kappa shape index (κ2) is 6.84. The quantitative estimate of drug-likeness (QED) is 0.615. The standard InChI is InChI=1S/C18H15ClFN3O4S/c19-13-2-1-3-14(20)12(13)9-23(10-4-5-10)28(26,27)11-6-7-15-16(8-11)22-18(25)17(24)21-15/h1-3,6-8,10H,4-5,9H2,(H,21,24)(H,22,25). The molecule has 10 heteroatoms. The monoisotopic (exact) mass is 423 g/mol. The van der Waals surface area contributed by atoms with Gasteiger partial charge in [0.1, 0.15) is 5.82 Å². The van der Waals surface area contributed by atoms with Crippen LogP contribution in [0, 0.1) is 5.82 Å². The fourth-order valence-electron chi connectivity index (χ4n) is 3.00. The molecule has 146 valence electrons. The summed E-state index contributed by atoms with van der Waals surface area (Å²) in [5.74, 6) is -0.575. The SMILES string of the molecule is O=c1[nH]c2ccc(S(=O)(=O)N(Cc3c(F)cccc3Cl)C3CC3)cc2[nH]c1=O. The van der Waals surface area contributed by atoms with Crippen molar-refractivity contribution in [3.05, 3.63) is 73.5 Å². The predicted molar refractivity (Wildman–Crippen MR) is 102 cm³/mol. The fourth-order valence-corrected chi connectivity index (χ4v) is 4.90. The number of fused-ring (bicyclic) bond motifs is 1. The van der Waals surface area contributed by atoms with Gasteiger partial charge in [0.15, 0.2) is 0 Å². The van der Waals surface area contributed by atoms with E-state index in [1.165, 1.54) is 40.7 Å². The van der Waals surface area contributed by atoms with E-state index in [0.717, 1.165) is 0 Å². The van der Waals surface area contributed by atoms with Crippen molar-refractivity contribution in [3.63, 3.8) is 0 Å². The molecule has 28 heavy (non-hydrogen) atoms. The summed E-state index contributed by atoms with van der Waals surface area (Å²) in [7, 11) is -3.99. The smallest absolute Gasteiger partial charge is 0.314 e. The summed E-state index contributed by atoms with van der Waals surface area (Å²) in [5.41, 5.74) is -1.10. The maximum absolute atomic E-state index is 14.2. The molecule has 1 saturated carbocycles. The first-order valence-corrected chi connectivity index (χ1v) is 10.3. The van der Waals surface area contributed by atoms with E-state index < -0.39 is 27.0 Å². The minimum atomic E-state index is -3.99. The van der Waals surface area contributed by atoms with Crippen molar-refractivity contribution < 1.29 is 12.8 Å². The highest BCUT2D eigenvalue weighted by Crippen LogP contribution is 2.35. The molecule has 0 amide bonds. The van der Waals surface area contributed by atoms with Crippen LogP contribution >= 0.6 is 11.6 Å². The Morgan fingerprint density at radius 3 is 2.39 bits per heavy atom. The third-order valence-electron chi connectivity index (χ3n) is 4.63. The maximum atomic E-state index is 14.2. The van der Waals surface area contributed by atoms with E-state index >= 15 is 0 Å². The third kappa shape index (κ3) is 3.36. The summed E-state index contributed by atoms with van der Waals surface area (Å²) in [5, 5.41) is 0.154. The van der Waals surface area contributed by atoms with Crippen LogP contribution in [0.25, 0.3) is 11.0 Å². The molecule has 0 bridgehead atoms. The highest BCUT2D eigenvalue weighted by atomic mass is 35.5. The van der Waals surface area contributed by atoms with Gasteiger partial charge in [0.2, 0.25) is 10.0 Å². The van der Waals surface area contributed by atoms with Gasteiger partial charge >= 0.3 is 11.1 Å². The number of H-pyrrole nitrogens is 2. The molecule has 0 saturated heterocycles. The van der Waals surface area contributed by atoms with Crippen molar-refractivity contribution in [2.75, 3.05) is 0 Å². The van der Waals surface area contributed by atoms with E-state index in [-0.39, 0.29) is 33.6 Å². The molecular weight excluding hydrogens is 409 g/mol. The third-order valence-corrected chi connectivity index (χ3v) is 6.88. The van der Waals surface area contributed by atoms with Crippen LogP contribution in [0.5, 0.6) is 0 Å². The second-order valence-corrected chi connectivity index (χ2v) is 8.90. The minimum absolute atomic E-state index is 0.0675. The van der Waals surface area contributed by atoms with E-state index in [1.54, 1.807) is 0 Å². The first-order chi connectivity index (χ1) is 13.3. The Balaban J connectivity index is 1.78. The zero-order chi connectivity index (χ0) is 20.1. The van der Waals surface area contributed by atoms with Crippen molar-refractivity contribution in [3.8, 4) is 0 Å². The molecule has 0 unspecified atom stereocenters. The first kappa shape index (κ1) is 18.9. The Bertz CT molecular complexity index is 1280. The van der Waals surface area contributed by atoms with Gasteiger partial charge in [0.25, 0.3) is 0 Å². The molecule has 1 aliphatic carbocycles. The van der Waals surface area contributed by atoms with Crippen LogP contribution < -0.4 is 11.1 Å². The average Bonchev–Trinajstić information content (AvgIpc) is 3.46. The van der Waals surface area contributed by atoms with Crippen LogP contribution in [-0.2, 0) is 16.6 Å². The summed E-state index contributed by atoms with van der Waals surface area (Å²) < 4.78 is 41.9. The molecule has 3 aromatic rings. The fraction of sp³-hybridized carbons (Fsp3) is 0.222. The van der Waals surface area contributed by atoms with E-state index in [1.807, 2.05) is 0 Å². The Labute approximate surface area is 163 Å². The lowest BCUT2D eigenvalue weighted by Crippen LogP contribution is -2.33. The Morgan fingerprint density at radius 1 is 1.07 bits per heavy atom. The Kier molecular flexibility index (Phi) is 4.60. The number of nitrogens with one attached hydrogen (secondary N) is 2. The highest BCUT2D eigenvalue weighted by molar-refractivity contribution is 7.89. The van der Waals surface area contributed by atoms with E-state index in [0.29, 0.717) is 18.4 Å². The lowest BCUT2D eigenvalue weighted by molar-refractivity contribution is 0.391. The number of benzene rings is 2. The van der Waals surface area contributed by atoms with Crippen molar-refractivity contribution in [1.82, 2.24) is 14.3 Å². The molecule has 0 spiro atoms. The number of aromatic nitrogens is 2. The highest BCUT2D eigenvalue weighted by Gasteiger charge is 2.39. The van der Waals surface area contributed by atoms with Gasteiger partial charge < -0.3 is 9.97 Å². The largest absolute Gasteiger partial charge is 0.316 e. The normalized spacial score (nSPS) is 14.7. The summed E-state index contributed by atoms with van der Waals surface area (Å²) in [6.07, 6.45) is 1.34. The van der Waals surface area contributed by atoms with Gasteiger partial charge in [-0.15, -0.1) is 0 Å². The molecule has 1 fully saturated rings. The summed E-state index contributed by atoms with van der Waals surface area (Å²) in [6.45, 7) is -0.196. The van der Waals surface area contributed by atoms with Crippen LogP contribution in [0.2, 0.25) is 5.02 Å². The zero-order valence-electron chi connectivity index (χ0n) is 14.4. The number of aromatic amines is 2. The lowest BCUT2D eigenvalue weighted by atomic mass is 10.2. The number of rotatable bonds is 5. The second-order valence-electron chi connectivity index (χ2n) is 6.60. The van der Waals surface area contributed by atoms with E-state index in [4.69, 9.17) is 11.6 Å². The molecule has 7 nitrogen and oxygen atoms in total. The molecule has 2 N–H and O–H groups in total. The molecule has 1 aromatic heterocycles. The van der Waals surface area contributed by atoms with Crippen molar-refractivity contribution in [1.29, 1.82) is 0 Å². The molecule has 1 aliphatic rings. The van der Waals surface area contributed by atoms with Gasteiger partial charge in [0, 0.05) is 23.2 Å². The van der Waals surface area contributed by atoms with Crippen LogP contribution in [0.3, 0.4) is 0 Å². The summed E-state index contributed by atoms with van der Waals surface area (Å²) >= 11 is 6.07. The van der Waals surface area contributed by atoms with Gasteiger partial charge in [-0.2, -0.15) is 4.31 Å². The van der Waals surface area contributed by atoms with Crippen LogP contribution in [-0.4, -0.2) is 28.7 Å². The van der Waals surface area contributed by atoms with Gasteiger partial charge in [-0.1, -0.05) is 17.7 Å². The van der Waals surface area contributed by atoms with Crippen LogP contribution in [0.15, 0.2) is 50.9 Å². The molecule has 2 aromatic carbocycles. The topological polar surface area (TPSA) is 103 Å². The molecular formula is C18H15ClFN3O4S. The van der Waals surface area contributed by atoms with Gasteiger partial charge in [-0.05, 0) is 43.2 Å². The summed E-state index contributed by atoms with van der Waals surface area (Å²) in [4.78, 5) is 27.6. The van der Waals surface area contributed by atoms with Crippen LogP contribution in [0.4, 0.5) is 4.39 Å². The van der Waals surface area contributed by atoms with Gasteiger partial charge in [-0.25, -0.2) is 12.8 Å². The van der Waals surface area contributed by atoms with Crippen molar-refractivity contribution in [2.24, 2.45) is 0 Å². The number of sulfonamides is 1. The van der Waals surface area contributed by atoms with E-state index in [9.17, 15) is 22.4 Å². The Morgan fingerprint density at radius 2 is 1.75 bits per heavy atom. The molecule has 0 atom stereocenters. The molecule has 0 aliphatic heterocycles. The first-order valence-electron chi connectivity index (χ1n) is 8.48. The van der Waals surface area contributed by atoms with Crippen LogP contribution in [0.1, 0.15) is 18.4 Å². The predicted octanol–water partition coefficient (Wildman–Crippen LogP) is 2.36. The van der Waals surface area contributed by atoms with Gasteiger partial charge in [0.05, 0.1) is 15.9 Å². The number of hydrogen-bond acceptors (Lipinski definition) is 4. The van der Waals surface area contributed by atoms with Crippen molar-refractivity contribution in [2.45, 2.75) is 30.3 Å². The van der Waals surface area contributed by atoms with E-state index in [2.05, 4.69) is 9.97 Å². The average molecular weight is 424 g/mol. The Hall–Kier alpha value is -2.49. The van der Waals surface area contributed by atoms with Crippen molar-refractivity contribution >= 4 is 32.7 Å². The zero-order valence-corrected chi connectivity index (χ0v) is 16.0. The van der Waals surface area contributed by atoms with Gasteiger partial charge in [-0.3, -0.25) is 9.59 Å². The minimum Gasteiger partial charge on any atom is -0.316 e. The number of halogens is 2. The number of nitrogens with zero attached hydrogens (tertiary/aromatic N) is 1. The number of hydrogen-bond donors (Lipinski definition) is 2. The maximum Gasteiger partial charge on any atom is 0.314 e. The lowest BCUT2D eigenvalue weighted by Gasteiger charge is -2.23. The molecule has 0 radical (unpaired) electrons. The summed E-state index contributed by atoms with van der Waals surface area (Å²) in [6, 6.07) is 7.97.